The van der Waals surface area contributed by atoms with E-state index in [-0.39, 0.29) is 18.2 Å². The maximum absolute atomic E-state index is 12.5. The third kappa shape index (κ3) is 3.75. The molecule has 3 rings (SSSR count). The van der Waals surface area contributed by atoms with Gasteiger partial charge in [-0.05, 0) is 36.8 Å². The van der Waals surface area contributed by atoms with Crippen LogP contribution in [0.25, 0.3) is 0 Å². The summed E-state index contributed by atoms with van der Waals surface area (Å²) in [7, 11) is -3.39. The lowest BCUT2D eigenvalue weighted by Gasteiger charge is -2.19. The number of anilines is 1. The second-order valence-electron chi connectivity index (χ2n) is 6.09. The number of amides is 1. The van der Waals surface area contributed by atoms with Crippen LogP contribution in [0.15, 0.2) is 36.4 Å². The maximum atomic E-state index is 12.5. The van der Waals surface area contributed by atoms with Crippen LogP contribution < -0.4 is 9.62 Å². The van der Waals surface area contributed by atoms with Crippen molar-refractivity contribution in [3.05, 3.63) is 42.0 Å². The standard InChI is InChI=1S/C17H22N2O3S/c20-17(13-14-5-1-2-6-14)18-10-12-23(21,22)19-11-9-15-7-3-4-8-16(15)19/h1,3-5,7-8,14H,2,6,9-13H2,(H,18,20)/t14-/m0/s1. The molecule has 0 saturated heterocycles. The molecule has 0 aromatic heterocycles. The Morgan fingerprint density at radius 1 is 1.30 bits per heavy atom. The quantitative estimate of drug-likeness (QED) is 0.808. The molecule has 1 heterocycles. The molecule has 1 aliphatic carbocycles. The molecule has 0 radical (unpaired) electrons. The van der Waals surface area contributed by atoms with Crippen molar-refractivity contribution in [3.63, 3.8) is 0 Å². The van der Waals surface area contributed by atoms with Gasteiger partial charge in [0.25, 0.3) is 0 Å². The van der Waals surface area contributed by atoms with Gasteiger partial charge in [-0.15, -0.1) is 0 Å². The smallest absolute Gasteiger partial charge is 0.236 e. The van der Waals surface area contributed by atoms with E-state index in [1.165, 1.54) is 4.31 Å². The van der Waals surface area contributed by atoms with Gasteiger partial charge in [0.15, 0.2) is 0 Å². The number of sulfonamides is 1. The number of nitrogens with one attached hydrogen (secondary N) is 1. The highest BCUT2D eigenvalue weighted by Crippen LogP contribution is 2.29. The monoisotopic (exact) mass is 334 g/mol. The number of hydrogen-bond acceptors (Lipinski definition) is 3. The van der Waals surface area contributed by atoms with Crippen LogP contribution in [0.2, 0.25) is 0 Å². The molecule has 1 aromatic carbocycles. The van der Waals surface area contributed by atoms with Crippen molar-refractivity contribution in [3.8, 4) is 0 Å². The molecule has 1 aromatic rings. The summed E-state index contributed by atoms with van der Waals surface area (Å²) in [6, 6.07) is 7.57. The van der Waals surface area contributed by atoms with Gasteiger partial charge in [0, 0.05) is 19.5 Å². The van der Waals surface area contributed by atoms with E-state index in [9.17, 15) is 13.2 Å². The summed E-state index contributed by atoms with van der Waals surface area (Å²) in [4.78, 5) is 11.9. The number of nitrogens with zero attached hydrogens (tertiary/aromatic N) is 1. The van der Waals surface area contributed by atoms with Crippen LogP contribution in [0.3, 0.4) is 0 Å². The van der Waals surface area contributed by atoms with Gasteiger partial charge in [0.2, 0.25) is 15.9 Å². The maximum Gasteiger partial charge on any atom is 0.236 e. The summed E-state index contributed by atoms with van der Waals surface area (Å²) >= 11 is 0. The normalized spacial score (nSPS) is 19.8. The minimum absolute atomic E-state index is 0.0619. The first-order valence-electron chi connectivity index (χ1n) is 8.08. The van der Waals surface area contributed by atoms with Crippen LogP contribution in [0.5, 0.6) is 0 Å². The first kappa shape index (κ1) is 16.1. The molecule has 124 valence electrons. The van der Waals surface area contributed by atoms with E-state index < -0.39 is 10.0 Å². The van der Waals surface area contributed by atoms with Gasteiger partial charge in [0.1, 0.15) is 0 Å². The highest BCUT2D eigenvalue weighted by atomic mass is 32.2. The molecule has 1 amide bonds. The van der Waals surface area contributed by atoms with Crippen molar-refractivity contribution < 1.29 is 13.2 Å². The fraction of sp³-hybridized carbons (Fsp3) is 0.471. The second kappa shape index (κ2) is 6.74. The van der Waals surface area contributed by atoms with Crippen molar-refractivity contribution >= 4 is 21.6 Å². The number of carbonyl (C=O) groups is 1. The van der Waals surface area contributed by atoms with E-state index in [1.807, 2.05) is 24.3 Å². The Balaban J connectivity index is 1.51. The second-order valence-corrected chi connectivity index (χ2v) is 8.10. The third-order valence-corrected chi connectivity index (χ3v) is 6.19. The van der Waals surface area contributed by atoms with E-state index in [4.69, 9.17) is 0 Å². The lowest BCUT2D eigenvalue weighted by molar-refractivity contribution is -0.121. The van der Waals surface area contributed by atoms with Crippen LogP contribution in [-0.4, -0.2) is 33.2 Å². The number of allylic oxidation sites excluding steroid dienone is 2. The van der Waals surface area contributed by atoms with Crippen LogP contribution in [-0.2, 0) is 21.2 Å². The van der Waals surface area contributed by atoms with Gasteiger partial charge >= 0.3 is 0 Å². The predicted molar refractivity (Wildman–Crippen MR) is 90.8 cm³/mol. The molecule has 1 aliphatic heterocycles. The zero-order chi connectivity index (χ0) is 16.3. The molecule has 0 fully saturated rings. The Morgan fingerprint density at radius 3 is 2.91 bits per heavy atom. The van der Waals surface area contributed by atoms with Crippen LogP contribution in [0.1, 0.15) is 24.8 Å². The van der Waals surface area contributed by atoms with E-state index >= 15 is 0 Å². The summed E-state index contributed by atoms with van der Waals surface area (Å²) < 4.78 is 26.4. The van der Waals surface area contributed by atoms with Gasteiger partial charge in [0.05, 0.1) is 11.4 Å². The molecule has 2 aliphatic rings. The summed E-state index contributed by atoms with van der Waals surface area (Å²) in [5.74, 6) is 0.170. The molecule has 6 heteroatoms. The molecule has 0 bridgehead atoms. The van der Waals surface area contributed by atoms with E-state index in [0.29, 0.717) is 18.9 Å². The summed E-state index contributed by atoms with van der Waals surface area (Å²) in [5.41, 5.74) is 1.84. The van der Waals surface area contributed by atoms with E-state index in [2.05, 4.69) is 17.5 Å². The number of rotatable bonds is 6. The largest absolute Gasteiger partial charge is 0.355 e. The predicted octanol–water partition coefficient (Wildman–Crippen LogP) is 1.85. The van der Waals surface area contributed by atoms with E-state index in [1.54, 1.807) is 0 Å². The van der Waals surface area contributed by atoms with Gasteiger partial charge in [-0.2, -0.15) is 0 Å². The molecule has 1 atom stereocenters. The highest BCUT2D eigenvalue weighted by molar-refractivity contribution is 7.92. The number of carbonyl (C=O) groups excluding carboxylic acids is 1. The van der Waals surface area contributed by atoms with Gasteiger partial charge < -0.3 is 5.32 Å². The van der Waals surface area contributed by atoms with Crippen molar-refractivity contribution in [2.24, 2.45) is 5.92 Å². The van der Waals surface area contributed by atoms with Gasteiger partial charge in [-0.1, -0.05) is 30.4 Å². The van der Waals surface area contributed by atoms with Crippen LogP contribution >= 0.6 is 0 Å². The topological polar surface area (TPSA) is 66.5 Å². The van der Waals surface area contributed by atoms with E-state index in [0.717, 1.165) is 30.5 Å². The van der Waals surface area contributed by atoms with Crippen LogP contribution in [0.4, 0.5) is 5.69 Å². The molecular formula is C17H22N2O3S. The molecule has 0 unspecified atom stereocenters. The Labute approximate surface area is 137 Å². The van der Waals surface area contributed by atoms with Crippen molar-refractivity contribution in [1.29, 1.82) is 0 Å². The molecule has 0 saturated carbocycles. The SMILES string of the molecule is O=C(C[C@H]1C=CCC1)NCCS(=O)(=O)N1CCc2ccccc21. The fourth-order valence-electron chi connectivity index (χ4n) is 3.20. The Kier molecular flexibility index (Phi) is 4.71. The molecule has 5 nitrogen and oxygen atoms in total. The lowest BCUT2D eigenvalue weighted by atomic mass is 10.1. The summed E-state index contributed by atoms with van der Waals surface area (Å²) in [5, 5.41) is 2.73. The van der Waals surface area contributed by atoms with Crippen LogP contribution in [0, 0.1) is 5.92 Å². The molecular weight excluding hydrogens is 312 g/mol. The third-order valence-electron chi connectivity index (χ3n) is 4.42. The van der Waals surface area contributed by atoms with Gasteiger partial charge in [-0.3, -0.25) is 9.10 Å². The summed E-state index contributed by atoms with van der Waals surface area (Å²) in [6.07, 6.45) is 7.39. The number of hydrogen-bond donors (Lipinski definition) is 1. The molecule has 23 heavy (non-hydrogen) atoms. The molecule has 0 spiro atoms. The Hall–Kier alpha value is -1.82. The average molecular weight is 334 g/mol. The average Bonchev–Trinajstić information content (AvgIpc) is 3.16. The summed E-state index contributed by atoms with van der Waals surface area (Å²) in [6.45, 7) is 0.652. The minimum atomic E-state index is -3.39. The van der Waals surface area contributed by atoms with Crippen molar-refractivity contribution in [2.75, 3.05) is 23.1 Å². The number of benzene rings is 1. The number of para-hydroxylation sites is 1. The minimum Gasteiger partial charge on any atom is -0.355 e. The first-order chi connectivity index (χ1) is 11.1. The Bertz CT molecular complexity index is 712. The van der Waals surface area contributed by atoms with Crippen molar-refractivity contribution in [1.82, 2.24) is 5.32 Å². The zero-order valence-corrected chi connectivity index (χ0v) is 13.9. The fourth-order valence-corrected chi connectivity index (χ4v) is 4.63. The van der Waals surface area contributed by atoms with Crippen molar-refractivity contribution in [2.45, 2.75) is 25.7 Å². The zero-order valence-electron chi connectivity index (χ0n) is 13.1. The Morgan fingerprint density at radius 2 is 2.13 bits per heavy atom. The molecule has 1 N–H and O–H groups in total. The highest BCUT2D eigenvalue weighted by Gasteiger charge is 2.28. The number of fused-ring (bicyclic) bond motifs is 1. The lowest BCUT2D eigenvalue weighted by Crippen LogP contribution is -2.37. The van der Waals surface area contributed by atoms with Gasteiger partial charge in [-0.25, -0.2) is 8.42 Å². The first-order valence-corrected chi connectivity index (χ1v) is 9.69.